The molecule has 0 aliphatic heterocycles. The molecule has 0 aromatic heterocycles. The standard InChI is InChI=1S/C15H22N2O3/c1-9-6-7-11(16)10(8-9)12(18)17-15(4,5)14(2,3)13(19)20/h6-8H,16H2,1-5H3,(H,17,18)(H,19,20). The Balaban J connectivity index is 3.06. The lowest BCUT2D eigenvalue weighted by atomic mass is 9.74. The summed E-state index contributed by atoms with van der Waals surface area (Å²) in [5.74, 6) is -1.34. The molecular weight excluding hydrogens is 256 g/mol. The lowest BCUT2D eigenvalue weighted by molar-refractivity contribution is -0.150. The van der Waals surface area contributed by atoms with Crippen molar-refractivity contribution in [1.82, 2.24) is 5.32 Å². The molecule has 0 fully saturated rings. The van der Waals surface area contributed by atoms with Crippen molar-refractivity contribution in [3.8, 4) is 0 Å². The molecule has 0 aliphatic carbocycles. The summed E-state index contributed by atoms with van der Waals surface area (Å²) < 4.78 is 0. The molecular formula is C15H22N2O3. The van der Waals surface area contributed by atoms with Crippen LogP contribution < -0.4 is 11.1 Å². The van der Waals surface area contributed by atoms with Gasteiger partial charge in [-0.2, -0.15) is 0 Å². The maximum absolute atomic E-state index is 12.3. The topological polar surface area (TPSA) is 92.4 Å². The zero-order valence-electron chi connectivity index (χ0n) is 12.6. The quantitative estimate of drug-likeness (QED) is 0.736. The van der Waals surface area contributed by atoms with E-state index >= 15 is 0 Å². The largest absolute Gasteiger partial charge is 0.481 e. The highest BCUT2D eigenvalue weighted by atomic mass is 16.4. The maximum Gasteiger partial charge on any atom is 0.311 e. The Morgan fingerprint density at radius 2 is 1.75 bits per heavy atom. The summed E-state index contributed by atoms with van der Waals surface area (Å²) in [5, 5.41) is 12.0. The van der Waals surface area contributed by atoms with E-state index in [0.717, 1.165) is 5.56 Å². The average Bonchev–Trinajstić information content (AvgIpc) is 2.31. The Morgan fingerprint density at radius 1 is 1.20 bits per heavy atom. The van der Waals surface area contributed by atoms with Crippen LogP contribution in [0.3, 0.4) is 0 Å². The second-order valence-electron chi connectivity index (χ2n) is 6.10. The number of nitrogen functional groups attached to an aromatic ring is 1. The van der Waals surface area contributed by atoms with Crippen LogP contribution in [0.4, 0.5) is 5.69 Å². The van der Waals surface area contributed by atoms with E-state index in [-0.39, 0.29) is 5.91 Å². The number of nitrogens with one attached hydrogen (secondary N) is 1. The first-order chi connectivity index (χ1) is 8.99. The van der Waals surface area contributed by atoms with Gasteiger partial charge >= 0.3 is 5.97 Å². The molecule has 0 unspecified atom stereocenters. The summed E-state index contributed by atoms with van der Waals surface area (Å²) in [6, 6.07) is 5.17. The van der Waals surface area contributed by atoms with Crippen LogP contribution in [0.15, 0.2) is 18.2 Å². The van der Waals surface area contributed by atoms with Crippen molar-refractivity contribution in [2.75, 3.05) is 5.73 Å². The smallest absolute Gasteiger partial charge is 0.311 e. The molecule has 20 heavy (non-hydrogen) atoms. The van der Waals surface area contributed by atoms with Gasteiger partial charge < -0.3 is 16.2 Å². The van der Waals surface area contributed by atoms with E-state index < -0.39 is 16.9 Å². The van der Waals surface area contributed by atoms with Gasteiger partial charge in [0.2, 0.25) is 0 Å². The van der Waals surface area contributed by atoms with Crippen molar-refractivity contribution >= 4 is 17.6 Å². The van der Waals surface area contributed by atoms with Crippen LogP contribution in [-0.4, -0.2) is 22.5 Å². The minimum atomic E-state index is -1.11. The van der Waals surface area contributed by atoms with Crippen molar-refractivity contribution in [1.29, 1.82) is 0 Å². The Bertz CT molecular complexity index is 548. The van der Waals surface area contributed by atoms with Crippen LogP contribution >= 0.6 is 0 Å². The number of aliphatic carboxylic acids is 1. The number of amides is 1. The molecule has 1 aromatic rings. The molecule has 5 heteroatoms. The third-order valence-corrected chi connectivity index (χ3v) is 3.98. The van der Waals surface area contributed by atoms with Gasteiger partial charge in [-0.3, -0.25) is 9.59 Å². The number of rotatable bonds is 4. The molecule has 0 bridgehead atoms. The average molecular weight is 278 g/mol. The van der Waals surface area contributed by atoms with Crippen LogP contribution in [0.5, 0.6) is 0 Å². The highest BCUT2D eigenvalue weighted by Crippen LogP contribution is 2.31. The summed E-state index contributed by atoms with van der Waals surface area (Å²) in [4.78, 5) is 23.6. The zero-order chi connectivity index (χ0) is 15.7. The van der Waals surface area contributed by atoms with Crippen molar-refractivity contribution in [2.45, 2.75) is 40.2 Å². The van der Waals surface area contributed by atoms with E-state index in [1.165, 1.54) is 0 Å². The molecule has 1 amide bonds. The van der Waals surface area contributed by atoms with E-state index in [9.17, 15) is 14.7 Å². The number of nitrogens with two attached hydrogens (primary N) is 1. The molecule has 4 N–H and O–H groups in total. The van der Waals surface area contributed by atoms with Crippen molar-refractivity contribution < 1.29 is 14.7 Å². The van der Waals surface area contributed by atoms with E-state index in [2.05, 4.69) is 5.32 Å². The first kappa shape index (κ1) is 16.0. The summed E-state index contributed by atoms with van der Waals surface area (Å²) in [5.41, 5.74) is 5.42. The number of carbonyl (C=O) groups excluding carboxylic acids is 1. The van der Waals surface area contributed by atoms with Gasteiger partial charge in [0, 0.05) is 5.69 Å². The van der Waals surface area contributed by atoms with E-state index in [1.807, 2.05) is 13.0 Å². The summed E-state index contributed by atoms with van der Waals surface area (Å²) in [7, 11) is 0. The summed E-state index contributed by atoms with van der Waals surface area (Å²) in [6.07, 6.45) is 0. The summed E-state index contributed by atoms with van der Waals surface area (Å²) >= 11 is 0. The first-order valence-electron chi connectivity index (χ1n) is 6.41. The SMILES string of the molecule is Cc1ccc(N)c(C(=O)NC(C)(C)C(C)(C)C(=O)O)c1. The Labute approximate surface area is 119 Å². The van der Waals surface area contributed by atoms with Gasteiger partial charge in [-0.25, -0.2) is 0 Å². The van der Waals surface area contributed by atoms with Gasteiger partial charge in [-0.1, -0.05) is 11.6 Å². The molecule has 0 atom stereocenters. The number of benzene rings is 1. The fraction of sp³-hybridized carbons (Fsp3) is 0.467. The fourth-order valence-corrected chi connectivity index (χ4v) is 1.64. The normalized spacial score (nSPS) is 12.1. The number of carbonyl (C=O) groups is 2. The molecule has 0 spiro atoms. The highest BCUT2D eigenvalue weighted by Gasteiger charge is 2.44. The van der Waals surface area contributed by atoms with Crippen molar-refractivity contribution in [2.24, 2.45) is 5.41 Å². The lowest BCUT2D eigenvalue weighted by Crippen LogP contribution is -2.57. The highest BCUT2D eigenvalue weighted by molar-refractivity contribution is 6.00. The fourth-order valence-electron chi connectivity index (χ4n) is 1.64. The molecule has 0 saturated carbocycles. The Kier molecular flexibility index (Phi) is 4.12. The van der Waals surface area contributed by atoms with Gasteiger partial charge in [0.15, 0.2) is 0 Å². The van der Waals surface area contributed by atoms with Crippen LogP contribution in [0.1, 0.15) is 43.6 Å². The van der Waals surface area contributed by atoms with Gasteiger partial charge in [-0.05, 0) is 46.8 Å². The molecule has 0 aliphatic rings. The molecule has 5 nitrogen and oxygen atoms in total. The third-order valence-electron chi connectivity index (χ3n) is 3.98. The lowest BCUT2D eigenvalue weighted by Gasteiger charge is -2.38. The minimum absolute atomic E-state index is 0.360. The van der Waals surface area contributed by atoms with Crippen LogP contribution in [-0.2, 0) is 4.79 Å². The van der Waals surface area contributed by atoms with Gasteiger partial charge in [-0.15, -0.1) is 0 Å². The Hall–Kier alpha value is -2.04. The summed E-state index contributed by atoms with van der Waals surface area (Å²) in [6.45, 7) is 8.39. The van der Waals surface area contributed by atoms with Crippen LogP contribution in [0.2, 0.25) is 0 Å². The maximum atomic E-state index is 12.3. The predicted molar refractivity (Wildman–Crippen MR) is 78.6 cm³/mol. The first-order valence-corrected chi connectivity index (χ1v) is 6.41. The van der Waals surface area contributed by atoms with Gasteiger partial charge in [0.05, 0.1) is 16.5 Å². The van der Waals surface area contributed by atoms with Crippen molar-refractivity contribution in [3.05, 3.63) is 29.3 Å². The number of carboxylic acid groups (broad SMARTS) is 1. The van der Waals surface area contributed by atoms with E-state index in [0.29, 0.717) is 11.3 Å². The minimum Gasteiger partial charge on any atom is -0.481 e. The second kappa shape index (κ2) is 5.15. The second-order valence-corrected chi connectivity index (χ2v) is 6.10. The monoisotopic (exact) mass is 278 g/mol. The third kappa shape index (κ3) is 2.92. The molecule has 0 heterocycles. The molecule has 1 aromatic carbocycles. The van der Waals surface area contributed by atoms with E-state index in [1.54, 1.807) is 39.8 Å². The van der Waals surface area contributed by atoms with Crippen molar-refractivity contribution in [3.63, 3.8) is 0 Å². The van der Waals surface area contributed by atoms with Crippen LogP contribution in [0.25, 0.3) is 0 Å². The van der Waals surface area contributed by atoms with Gasteiger partial charge in [0.25, 0.3) is 5.91 Å². The van der Waals surface area contributed by atoms with Gasteiger partial charge in [0.1, 0.15) is 0 Å². The predicted octanol–water partition coefficient (Wildman–Crippen LogP) is 2.20. The molecule has 1 rings (SSSR count). The number of hydrogen-bond acceptors (Lipinski definition) is 3. The number of aryl methyl sites for hydroxylation is 1. The van der Waals surface area contributed by atoms with Crippen LogP contribution in [0, 0.1) is 12.3 Å². The molecule has 0 saturated heterocycles. The molecule has 0 radical (unpaired) electrons. The zero-order valence-corrected chi connectivity index (χ0v) is 12.6. The van der Waals surface area contributed by atoms with E-state index in [4.69, 9.17) is 5.73 Å². The number of carboxylic acids is 1. The number of hydrogen-bond donors (Lipinski definition) is 3. The number of anilines is 1. The molecule has 110 valence electrons. The Morgan fingerprint density at radius 3 is 2.25 bits per heavy atom.